The smallest absolute Gasteiger partial charge is 0.0238 e. The van der Waals surface area contributed by atoms with Gasteiger partial charge in [-0.15, -0.1) is 0 Å². The van der Waals surface area contributed by atoms with Crippen LogP contribution in [0.25, 0.3) is 0 Å². The second-order valence-corrected chi connectivity index (χ2v) is 7.49. The third kappa shape index (κ3) is 16.2. The summed E-state index contributed by atoms with van der Waals surface area (Å²) in [5, 5.41) is 0. The summed E-state index contributed by atoms with van der Waals surface area (Å²) in [6, 6.07) is 0. The summed E-state index contributed by atoms with van der Waals surface area (Å²) in [5.41, 5.74) is 6.33. The molecule has 0 aliphatic carbocycles. The summed E-state index contributed by atoms with van der Waals surface area (Å²) in [4.78, 5) is 0. The van der Waals surface area contributed by atoms with Crippen molar-refractivity contribution in [2.45, 2.75) is 102 Å². The minimum atomic E-state index is 0.540. The van der Waals surface area contributed by atoms with Crippen LogP contribution in [0.3, 0.4) is 0 Å². The average Bonchev–Trinajstić information content (AvgIpc) is 2.34. The number of rotatable bonds is 14. The van der Waals surface area contributed by atoms with Crippen LogP contribution in [-0.4, -0.2) is 15.9 Å². The van der Waals surface area contributed by atoms with Crippen LogP contribution in [0.1, 0.15) is 96.8 Å². The van der Waals surface area contributed by atoms with E-state index in [-0.39, 0.29) is 0 Å². The van der Waals surface area contributed by atoms with E-state index in [0.717, 1.165) is 0 Å². The minimum Gasteiger partial charge on any atom is -0.331 e. The molecule has 1 atom stereocenters. The van der Waals surface area contributed by atoms with Crippen LogP contribution in [-0.2, 0) is 0 Å². The van der Waals surface area contributed by atoms with E-state index in [1.807, 2.05) is 0 Å². The van der Waals surface area contributed by atoms with Gasteiger partial charge in [0.1, 0.15) is 0 Å². The number of unbranched alkanes of at least 4 members (excludes halogenated alkanes) is 12. The van der Waals surface area contributed by atoms with Crippen molar-refractivity contribution in [3.8, 4) is 0 Å². The summed E-state index contributed by atoms with van der Waals surface area (Å²) < 4.78 is 0. The number of hydrogen-bond acceptors (Lipinski definition) is 1. The first kappa shape index (κ1) is 18.2. The van der Waals surface area contributed by atoms with Gasteiger partial charge in [-0.2, -0.15) is 0 Å². The molecule has 2 heteroatoms. The van der Waals surface area contributed by atoms with Gasteiger partial charge in [0.15, 0.2) is 0 Å². The molecule has 0 bridgehead atoms. The van der Waals surface area contributed by atoms with Gasteiger partial charge in [-0.1, -0.05) is 90.4 Å². The topological polar surface area (TPSA) is 26.0 Å². The summed E-state index contributed by atoms with van der Waals surface area (Å²) in [7, 11) is 1.17. The summed E-state index contributed by atoms with van der Waals surface area (Å²) in [5.74, 6) is 0. The Morgan fingerprint density at radius 1 is 0.667 bits per heavy atom. The van der Waals surface area contributed by atoms with E-state index in [0.29, 0.717) is 5.67 Å². The summed E-state index contributed by atoms with van der Waals surface area (Å²) >= 11 is 0. The third-order valence-electron chi connectivity index (χ3n) is 3.76. The van der Waals surface area contributed by atoms with Crippen molar-refractivity contribution in [2.75, 3.05) is 0 Å². The van der Waals surface area contributed by atoms with Crippen LogP contribution in [0.2, 0.25) is 0 Å². The Kier molecular flexibility index (Phi) is 15.4. The fraction of sp³-hybridized carbons (Fsp3) is 1.00. The fourth-order valence-corrected chi connectivity index (χ4v) is 2.89. The lowest BCUT2D eigenvalue weighted by molar-refractivity contribution is 0.534. The molecule has 0 amide bonds. The van der Waals surface area contributed by atoms with Crippen LogP contribution >= 0.6 is 0 Å². The molecule has 0 fully saturated rings. The predicted molar refractivity (Wildman–Crippen MR) is 88.2 cm³/mol. The van der Waals surface area contributed by atoms with Gasteiger partial charge in [0, 0.05) is 10.2 Å². The SMILES string of the molecule is CCCCCCCCCCCCCCCC(N)[SiH3]. The summed E-state index contributed by atoms with van der Waals surface area (Å²) in [6.45, 7) is 2.29. The second kappa shape index (κ2) is 15.2. The molecule has 0 aromatic carbocycles. The number of nitrogens with two attached hydrogens (primary N) is 1. The maximum absolute atomic E-state index is 5.79. The van der Waals surface area contributed by atoms with Gasteiger partial charge in [-0.05, 0) is 12.1 Å². The monoisotopic (exact) mass is 271 g/mol. The highest BCUT2D eigenvalue weighted by molar-refractivity contribution is 6.11. The van der Waals surface area contributed by atoms with Crippen molar-refractivity contribution in [2.24, 2.45) is 5.73 Å². The van der Waals surface area contributed by atoms with Gasteiger partial charge in [-0.25, -0.2) is 0 Å². The van der Waals surface area contributed by atoms with Gasteiger partial charge in [0.05, 0.1) is 0 Å². The average molecular weight is 272 g/mol. The fourth-order valence-electron chi connectivity index (χ4n) is 2.48. The van der Waals surface area contributed by atoms with E-state index in [9.17, 15) is 0 Å². The molecule has 0 saturated carbocycles. The van der Waals surface area contributed by atoms with E-state index >= 15 is 0 Å². The third-order valence-corrected chi connectivity index (χ3v) is 4.34. The molecule has 0 aromatic rings. The first-order valence-corrected chi connectivity index (χ1v) is 9.68. The van der Waals surface area contributed by atoms with E-state index < -0.39 is 0 Å². The van der Waals surface area contributed by atoms with Crippen molar-refractivity contribution in [3.05, 3.63) is 0 Å². The van der Waals surface area contributed by atoms with Gasteiger partial charge in [0.25, 0.3) is 0 Å². The molecule has 0 spiro atoms. The molecule has 2 N–H and O–H groups in total. The standard InChI is InChI=1S/C16H37NSi/c1-2-3-4-5-6-7-8-9-10-11-12-13-14-15-16(17)18/h16H,2-15,17H2,1,18H3. The second-order valence-electron chi connectivity index (χ2n) is 6.01. The molecule has 0 radical (unpaired) electrons. The molecule has 0 heterocycles. The zero-order valence-electron chi connectivity index (χ0n) is 13.1. The lowest BCUT2D eigenvalue weighted by atomic mass is 10.0. The van der Waals surface area contributed by atoms with Crippen LogP contribution in [0.4, 0.5) is 0 Å². The molecule has 1 nitrogen and oxygen atoms in total. The summed E-state index contributed by atoms with van der Waals surface area (Å²) in [6.07, 6.45) is 20.0. The predicted octanol–water partition coefficient (Wildman–Crippen LogP) is 4.12. The molecule has 1 unspecified atom stereocenters. The molecule has 0 rings (SSSR count). The van der Waals surface area contributed by atoms with Crippen LogP contribution < -0.4 is 5.73 Å². The Hall–Kier alpha value is 0.177. The molecule has 0 aliphatic heterocycles. The first-order valence-electron chi connectivity index (χ1n) is 8.53. The van der Waals surface area contributed by atoms with Crippen molar-refractivity contribution in [1.82, 2.24) is 0 Å². The molecule has 0 aromatic heterocycles. The maximum Gasteiger partial charge on any atom is 0.0238 e. The number of hydrogen-bond donors (Lipinski definition) is 1. The van der Waals surface area contributed by atoms with Gasteiger partial charge in [-0.3, -0.25) is 0 Å². The van der Waals surface area contributed by atoms with Gasteiger partial charge in [0.2, 0.25) is 0 Å². The Balaban J connectivity index is 2.90. The molecule has 0 aliphatic rings. The molecule has 0 saturated heterocycles. The van der Waals surface area contributed by atoms with Crippen molar-refractivity contribution in [3.63, 3.8) is 0 Å². The Labute approximate surface area is 119 Å². The Morgan fingerprint density at radius 3 is 1.33 bits per heavy atom. The van der Waals surface area contributed by atoms with Gasteiger partial charge >= 0.3 is 0 Å². The Morgan fingerprint density at radius 2 is 1.00 bits per heavy atom. The van der Waals surface area contributed by atoms with E-state index in [1.165, 1.54) is 100 Å². The molecule has 110 valence electrons. The largest absolute Gasteiger partial charge is 0.331 e. The quantitative estimate of drug-likeness (QED) is 0.373. The highest BCUT2D eigenvalue weighted by Gasteiger charge is 1.95. The van der Waals surface area contributed by atoms with E-state index in [4.69, 9.17) is 5.73 Å². The highest BCUT2D eigenvalue weighted by Crippen LogP contribution is 2.12. The molecular formula is C16H37NSi. The lowest BCUT2D eigenvalue weighted by Crippen LogP contribution is -2.18. The van der Waals surface area contributed by atoms with Crippen LogP contribution in [0, 0.1) is 0 Å². The lowest BCUT2D eigenvalue weighted by Gasteiger charge is -2.04. The van der Waals surface area contributed by atoms with Crippen LogP contribution in [0.5, 0.6) is 0 Å². The van der Waals surface area contributed by atoms with Crippen molar-refractivity contribution >= 4 is 10.2 Å². The zero-order valence-corrected chi connectivity index (χ0v) is 15.1. The van der Waals surface area contributed by atoms with E-state index in [2.05, 4.69) is 6.92 Å². The molecular weight excluding hydrogens is 234 g/mol. The van der Waals surface area contributed by atoms with Gasteiger partial charge < -0.3 is 5.73 Å². The van der Waals surface area contributed by atoms with Crippen LogP contribution in [0.15, 0.2) is 0 Å². The minimum absolute atomic E-state index is 0.540. The molecule has 18 heavy (non-hydrogen) atoms. The maximum atomic E-state index is 5.79. The van der Waals surface area contributed by atoms with Crippen molar-refractivity contribution in [1.29, 1.82) is 0 Å². The normalized spacial score (nSPS) is 13.0. The van der Waals surface area contributed by atoms with E-state index in [1.54, 1.807) is 0 Å². The highest BCUT2D eigenvalue weighted by atomic mass is 28.1. The Bertz CT molecular complexity index is 148. The van der Waals surface area contributed by atoms with Crippen molar-refractivity contribution < 1.29 is 0 Å². The first-order chi connectivity index (χ1) is 8.77. The zero-order chi connectivity index (χ0) is 13.5.